The first-order valence-electron chi connectivity index (χ1n) is 28.4. The minimum atomic E-state index is -0.406. The second-order valence-electron chi connectivity index (χ2n) is 20.3. The van der Waals surface area contributed by atoms with E-state index in [2.05, 4.69) is 296 Å². The molecule has 14 rings (SSSR count). The summed E-state index contributed by atoms with van der Waals surface area (Å²) in [5.74, 6) is 0. The largest absolute Gasteiger partial charge is 0.310 e. The van der Waals surface area contributed by atoms with Gasteiger partial charge in [-0.2, -0.15) is 0 Å². The number of hydrogen-bond acceptors (Lipinski definition) is 1. The SMILES string of the molecule is C/C=C/C.C=CC.C=CC.C=CC.c1ccc(N(c2ccc(-c3ccc(-c4ccc(-c5ccc6c(c5)c5ccccc5n6-c5ccccc5)cc4)cc3)cc2)c2ccc3c(c2)C2(c4ccccc4-c4ccccc42)c2ccccc2-3)cc1. The van der Waals surface area contributed by atoms with Crippen molar-refractivity contribution in [3.8, 4) is 61.3 Å². The topological polar surface area (TPSA) is 8.17 Å². The molecular formula is C80H70N2. The van der Waals surface area contributed by atoms with Crippen LogP contribution < -0.4 is 4.90 Å². The minimum absolute atomic E-state index is 0.406. The average molecular weight is 1060 g/mol. The molecule has 0 saturated heterocycles. The highest BCUT2D eigenvalue weighted by molar-refractivity contribution is 6.10. The Labute approximate surface area is 486 Å². The Morgan fingerprint density at radius 1 is 0.305 bits per heavy atom. The summed E-state index contributed by atoms with van der Waals surface area (Å²) >= 11 is 0. The van der Waals surface area contributed by atoms with E-state index in [1.54, 1.807) is 18.2 Å². The second kappa shape index (κ2) is 25.4. The number of aromatic nitrogens is 1. The van der Waals surface area contributed by atoms with Gasteiger partial charge in [0.05, 0.1) is 16.4 Å². The van der Waals surface area contributed by atoms with E-state index in [4.69, 9.17) is 0 Å². The Hall–Kier alpha value is -10.0. The number of nitrogens with zero attached hydrogens (tertiary/aromatic N) is 2. The molecule has 2 aliphatic carbocycles. The minimum Gasteiger partial charge on any atom is -0.310 e. The maximum absolute atomic E-state index is 3.36. The van der Waals surface area contributed by atoms with E-state index < -0.39 is 5.41 Å². The van der Waals surface area contributed by atoms with Crippen molar-refractivity contribution in [3.05, 3.63) is 339 Å². The van der Waals surface area contributed by atoms with Crippen LogP contribution in [0.25, 0.3) is 83.1 Å². The molecule has 0 saturated carbocycles. The van der Waals surface area contributed by atoms with Crippen molar-refractivity contribution < 1.29 is 0 Å². The highest BCUT2D eigenvalue weighted by Gasteiger charge is 2.51. The third-order valence-electron chi connectivity index (χ3n) is 15.2. The number of fused-ring (bicyclic) bond motifs is 13. The fraction of sp³-hybridized carbons (Fsp3) is 0.0750. The predicted molar refractivity (Wildman–Crippen MR) is 356 cm³/mol. The molecule has 11 aromatic carbocycles. The summed E-state index contributed by atoms with van der Waals surface area (Å²) in [6.45, 7) is 19.8. The normalized spacial score (nSPS) is 11.7. The van der Waals surface area contributed by atoms with E-state index in [0.29, 0.717) is 0 Å². The molecule has 1 heterocycles. The van der Waals surface area contributed by atoms with Crippen LogP contribution in [0, 0.1) is 0 Å². The number of hydrogen-bond donors (Lipinski definition) is 0. The average Bonchev–Trinajstić information content (AvgIpc) is 3.35. The van der Waals surface area contributed by atoms with Crippen molar-refractivity contribution in [1.29, 1.82) is 0 Å². The molecule has 1 aromatic heterocycles. The van der Waals surface area contributed by atoms with Gasteiger partial charge in [0.2, 0.25) is 0 Å². The lowest BCUT2D eigenvalue weighted by molar-refractivity contribution is 0.793. The third-order valence-corrected chi connectivity index (χ3v) is 15.2. The maximum Gasteiger partial charge on any atom is 0.0726 e. The van der Waals surface area contributed by atoms with Crippen LogP contribution in [0.5, 0.6) is 0 Å². The monoisotopic (exact) mass is 1060 g/mol. The van der Waals surface area contributed by atoms with E-state index in [1.807, 2.05) is 46.8 Å². The first-order valence-corrected chi connectivity index (χ1v) is 28.4. The Bertz CT molecular complexity index is 4100. The van der Waals surface area contributed by atoms with Crippen LogP contribution in [0.4, 0.5) is 17.1 Å². The zero-order valence-electron chi connectivity index (χ0n) is 47.8. The van der Waals surface area contributed by atoms with Crippen molar-refractivity contribution in [2.45, 2.75) is 40.0 Å². The van der Waals surface area contributed by atoms with Gasteiger partial charge >= 0.3 is 0 Å². The van der Waals surface area contributed by atoms with Crippen molar-refractivity contribution in [1.82, 2.24) is 4.57 Å². The molecule has 0 atom stereocenters. The lowest BCUT2D eigenvalue weighted by Crippen LogP contribution is -2.26. The second-order valence-corrected chi connectivity index (χ2v) is 20.3. The van der Waals surface area contributed by atoms with Gasteiger partial charge in [-0.25, -0.2) is 0 Å². The summed E-state index contributed by atoms with van der Waals surface area (Å²) in [4.78, 5) is 2.40. The zero-order valence-corrected chi connectivity index (χ0v) is 47.8. The molecule has 1 spiro atoms. The predicted octanol–water partition coefficient (Wildman–Crippen LogP) is 22.8. The van der Waals surface area contributed by atoms with Gasteiger partial charge in [0.1, 0.15) is 0 Å². The van der Waals surface area contributed by atoms with E-state index in [1.165, 1.54) is 105 Å². The summed E-state index contributed by atoms with van der Waals surface area (Å²) < 4.78 is 2.37. The molecule has 0 radical (unpaired) electrons. The van der Waals surface area contributed by atoms with Crippen LogP contribution in [0.3, 0.4) is 0 Å². The molecule has 82 heavy (non-hydrogen) atoms. The van der Waals surface area contributed by atoms with Crippen LogP contribution >= 0.6 is 0 Å². The van der Waals surface area contributed by atoms with Crippen LogP contribution in [-0.4, -0.2) is 4.57 Å². The molecule has 0 fully saturated rings. The summed E-state index contributed by atoms with van der Waals surface area (Å²) in [5, 5.41) is 2.52. The molecule has 2 nitrogen and oxygen atoms in total. The van der Waals surface area contributed by atoms with E-state index in [-0.39, 0.29) is 0 Å². The van der Waals surface area contributed by atoms with Crippen LogP contribution in [0.1, 0.15) is 56.9 Å². The molecule has 0 aliphatic heterocycles. The molecule has 2 aliphatic rings. The first-order chi connectivity index (χ1) is 40.4. The molecule has 12 aromatic rings. The lowest BCUT2D eigenvalue weighted by Gasteiger charge is -2.32. The van der Waals surface area contributed by atoms with E-state index in [9.17, 15) is 0 Å². The summed E-state index contributed by atoms with van der Waals surface area (Å²) in [6, 6.07) is 98.2. The van der Waals surface area contributed by atoms with Crippen molar-refractivity contribution in [3.63, 3.8) is 0 Å². The Morgan fingerprint density at radius 3 is 1.15 bits per heavy atom. The summed E-state index contributed by atoms with van der Waals surface area (Å²) in [6.07, 6.45) is 9.25. The van der Waals surface area contributed by atoms with Crippen LogP contribution in [0.2, 0.25) is 0 Å². The third kappa shape index (κ3) is 10.4. The molecular weight excluding hydrogens is 989 g/mol. The molecule has 0 unspecified atom stereocenters. The number of anilines is 3. The highest BCUT2D eigenvalue weighted by Crippen LogP contribution is 2.63. The maximum atomic E-state index is 3.36. The van der Waals surface area contributed by atoms with Crippen LogP contribution in [-0.2, 0) is 5.41 Å². The quantitative estimate of drug-likeness (QED) is 0.144. The zero-order chi connectivity index (χ0) is 57.0. The first kappa shape index (κ1) is 55.3. The molecule has 400 valence electrons. The Balaban J connectivity index is 0.000000531. The lowest BCUT2D eigenvalue weighted by atomic mass is 9.70. The van der Waals surface area contributed by atoms with Gasteiger partial charge in [-0.1, -0.05) is 231 Å². The number of allylic oxidation sites excluding steroid dienone is 5. The molecule has 0 bridgehead atoms. The van der Waals surface area contributed by atoms with Gasteiger partial charge in [-0.3, -0.25) is 0 Å². The smallest absolute Gasteiger partial charge is 0.0726 e. The number of rotatable bonds is 7. The highest BCUT2D eigenvalue weighted by atomic mass is 15.1. The molecule has 0 N–H and O–H groups in total. The van der Waals surface area contributed by atoms with Gasteiger partial charge in [0.25, 0.3) is 0 Å². The van der Waals surface area contributed by atoms with Crippen molar-refractivity contribution >= 4 is 38.9 Å². The van der Waals surface area contributed by atoms with E-state index in [0.717, 1.165) is 17.1 Å². The fourth-order valence-corrected chi connectivity index (χ4v) is 11.8. The summed E-state index contributed by atoms with van der Waals surface area (Å²) in [5.41, 5.74) is 24.4. The number of benzene rings is 11. The number of para-hydroxylation sites is 3. The van der Waals surface area contributed by atoms with Crippen LogP contribution in [0.15, 0.2) is 317 Å². The standard InChI is InChI=1S/C67H44N2.C4H8.3C3H6/c1-3-15-51(16-4-1)68(54-40-41-58-57-21-9-13-25-63(57)67(64(58)44-54)61-23-11-7-19-55(61)56-20-8-12-24-62(56)67)53-38-35-48(36-39-53)47-29-27-45(28-30-47)46-31-33-49(34-32-46)50-37-42-66-60(43-50)59-22-10-14-26-65(59)69(66)52-17-5-2-6-18-52;1-3-4-2;3*1-3-2/h1-44H;3-4H,1-2H3;3*3H,1H2,2H3/b;4-3+;;;. The van der Waals surface area contributed by atoms with E-state index >= 15 is 0 Å². The van der Waals surface area contributed by atoms with Gasteiger partial charge in [0.15, 0.2) is 0 Å². The van der Waals surface area contributed by atoms with Crippen molar-refractivity contribution in [2.75, 3.05) is 4.90 Å². The van der Waals surface area contributed by atoms with Gasteiger partial charge in [-0.15, -0.1) is 19.7 Å². The molecule has 2 heteroatoms. The Morgan fingerprint density at radius 2 is 0.659 bits per heavy atom. The Kier molecular flexibility index (Phi) is 17.1. The van der Waals surface area contributed by atoms with Crippen molar-refractivity contribution in [2.24, 2.45) is 0 Å². The molecule has 0 amide bonds. The summed E-state index contributed by atoms with van der Waals surface area (Å²) in [7, 11) is 0. The van der Waals surface area contributed by atoms with Gasteiger partial charge in [0, 0.05) is 33.5 Å². The fourth-order valence-electron chi connectivity index (χ4n) is 11.8. The van der Waals surface area contributed by atoms with Gasteiger partial charge < -0.3 is 9.47 Å². The van der Waals surface area contributed by atoms with Gasteiger partial charge in [-0.05, 0) is 179 Å².